The third kappa shape index (κ3) is 2.54. The summed E-state index contributed by atoms with van der Waals surface area (Å²) in [6, 6.07) is 2.35. The summed E-state index contributed by atoms with van der Waals surface area (Å²) < 4.78 is 32.7. The molecule has 2 unspecified atom stereocenters. The summed E-state index contributed by atoms with van der Waals surface area (Å²) in [5, 5.41) is 8.13. The zero-order chi connectivity index (χ0) is 16.0. The highest BCUT2D eigenvalue weighted by molar-refractivity contribution is 7.89. The molecule has 4 heterocycles. The molecule has 8 heteroatoms. The fraction of sp³-hybridized carbons (Fsp3) is 0.600. The van der Waals surface area contributed by atoms with Gasteiger partial charge in [0.05, 0.1) is 17.3 Å². The maximum absolute atomic E-state index is 13.0. The van der Waals surface area contributed by atoms with E-state index in [-0.39, 0.29) is 10.9 Å². The minimum absolute atomic E-state index is 0.223. The molecule has 2 fully saturated rings. The van der Waals surface area contributed by atoms with E-state index in [1.54, 1.807) is 10.4 Å². The molecular formula is C15H20N4O3S. The van der Waals surface area contributed by atoms with Crippen LogP contribution in [-0.4, -0.2) is 48.0 Å². The van der Waals surface area contributed by atoms with Crippen molar-refractivity contribution < 1.29 is 12.9 Å². The first-order valence-corrected chi connectivity index (χ1v) is 9.52. The molecule has 1 N–H and O–H groups in total. The number of nitrogens with zero attached hydrogens (tertiary/aromatic N) is 3. The van der Waals surface area contributed by atoms with E-state index in [0.29, 0.717) is 36.7 Å². The molecule has 0 saturated carbocycles. The number of nitrogens with one attached hydrogen (secondary N) is 1. The van der Waals surface area contributed by atoms with Crippen LogP contribution in [0.3, 0.4) is 0 Å². The number of pyridine rings is 1. The van der Waals surface area contributed by atoms with Gasteiger partial charge in [-0.2, -0.15) is 4.31 Å². The molecule has 2 aromatic rings. The maximum atomic E-state index is 13.0. The predicted molar refractivity (Wildman–Crippen MR) is 84.5 cm³/mol. The number of aryl methyl sites for hydroxylation is 1. The monoisotopic (exact) mass is 336 g/mol. The minimum Gasteiger partial charge on any atom is -0.336 e. The number of fused-ring (bicyclic) bond motifs is 3. The summed E-state index contributed by atoms with van der Waals surface area (Å²) in [5.74, 6) is 0. The first-order chi connectivity index (χ1) is 11.1. The smallest absolute Gasteiger partial charge is 0.258 e. The Hall–Kier alpha value is -1.51. The molecule has 0 aliphatic carbocycles. The van der Waals surface area contributed by atoms with Gasteiger partial charge in [0.15, 0.2) is 0 Å². The van der Waals surface area contributed by atoms with Crippen LogP contribution >= 0.6 is 0 Å². The number of aromatic nitrogens is 2. The van der Waals surface area contributed by atoms with Crippen LogP contribution in [0.25, 0.3) is 11.1 Å². The third-order valence-corrected chi connectivity index (χ3v) is 6.67. The van der Waals surface area contributed by atoms with Crippen molar-refractivity contribution in [3.63, 3.8) is 0 Å². The van der Waals surface area contributed by atoms with Gasteiger partial charge in [-0.1, -0.05) is 12.1 Å². The number of hydrogen-bond acceptors (Lipinski definition) is 6. The highest BCUT2D eigenvalue weighted by Crippen LogP contribution is 2.27. The van der Waals surface area contributed by atoms with Crippen LogP contribution in [0.4, 0.5) is 0 Å². The zero-order valence-electron chi connectivity index (χ0n) is 13.0. The summed E-state index contributed by atoms with van der Waals surface area (Å²) in [5.41, 5.74) is 1.12. The second kappa shape index (κ2) is 5.54. The highest BCUT2D eigenvalue weighted by atomic mass is 32.2. The minimum atomic E-state index is -3.54. The molecule has 2 bridgehead atoms. The molecule has 0 amide bonds. The van der Waals surface area contributed by atoms with Crippen molar-refractivity contribution in [2.75, 3.05) is 13.1 Å². The molecule has 2 atom stereocenters. The molecule has 2 saturated heterocycles. The Morgan fingerprint density at radius 1 is 1.35 bits per heavy atom. The topological polar surface area (TPSA) is 88.3 Å². The standard InChI is InChI=1S/C15H20N4O3S/c1-2-14-13-7-12(8-16-15(13)22-18-14)23(20,21)19-6-5-10-3-4-11(9-19)17-10/h7-8,10-11,17H,2-6,9H2,1H3. The molecular weight excluding hydrogens is 316 g/mol. The van der Waals surface area contributed by atoms with Crippen molar-refractivity contribution in [3.8, 4) is 0 Å². The summed E-state index contributed by atoms with van der Waals surface area (Å²) >= 11 is 0. The highest BCUT2D eigenvalue weighted by Gasteiger charge is 2.35. The average molecular weight is 336 g/mol. The Labute approximate surface area is 135 Å². The second-order valence-electron chi connectivity index (χ2n) is 6.30. The quantitative estimate of drug-likeness (QED) is 0.909. The molecule has 0 radical (unpaired) electrons. The van der Waals surface area contributed by atoms with Gasteiger partial charge in [0.1, 0.15) is 4.90 Å². The fourth-order valence-electron chi connectivity index (χ4n) is 3.53. The predicted octanol–water partition coefficient (Wildman–Crippen LogP) is 1.30. The Bertz CT molecular complexity index is 832. The molecule has 124 valence electrons. The van der Waals surface area contributed by atoms with E-state index in [1.807, 2.05) is 6.92 Å². The van der Waals surface area contributed by atoms with Crippen LogP contribution in [0, 0.1) is 0 Å². The first-order valence-electron chi connectivity index (χ1n) is 8.08. The Balaban J connectivity index is 1.70. The van der Waals surface area contributed by atoms with Gasteiger partial charge in [0.25, 0.3) is 5.71 Å². The second-order valence-corrected chi connectivity index (χ2v) is 8.23. The normalized spacial score (nSPS) is 25.8. The van der Waals surface area contributed by atoms with Gasteiger partial charge in [0.2, 0.25) is 10.0 Å². The van der Waals surface area contributed by atoms with E-state index in [2.05, 4.69) is 15.5 Å². The van der Waals surface area contributed by atoms with Crippen molar-refractivity contribution >= 4 is 21.1 Å². The lowest BCUT2D eigenvalue weighted by Gasteiger charge is -2.23. The van der Waals surface area contributed by atoms with E-state index in [4.69, 9.17) is 4.52 Å². The van der Waals surface area contributed by atoms with Gasteiger partial charge >= 0.3 is 0 Å². The molecule has 2 aromatic heterocycles. The zero-order valence-corrected chi connectivity index (χ0v) is 13.8. The van der Waals surface area contributed by atoms with E-state index >= 15 is 0 Å². The van der Waals surface area contributed by atoms with Gasteiger partial charge in [-0.3, -0.25) is 0 Å². The molecule has 0 aromatic carbocycles. The van der Waals surface area contributed by atoms with Crippen LogP contribution in [-0.2, 0) is 16.4 Å². The van der Waals surface area contributed by atoms with Gasteiger partial charge in [0, 0.05) is 25.2 Å². The van der Waals surface area contributed by atoms with Crippen molar-refractivity contribution in [2.24, 2.45) is 0 Å². The van der Waals surface area contributed by atoms with E-state index in [1.165, 1.54) is 6.20 Å². The molecule has 2 aliphatic rings. The Morgan fingerprint density at radius 3 is 3.00 bits per heavy atom. The largest absolute Gasteiger partial charge is 0.336 e. The maximum Gasteiger partial charge on any atom is 0.258 e. The lowest BCUT2D eigenvalue weighted by atomic mass is 10.1. The van der Waals surface area contributed by atoms with Gasteiger partial charge < -0.3 is 9.84 Å². The van der Waals surface area contributed by atoms with Gasteiger partial charge in [-0.15, -0.1) is 0 Å². The van der Waals surface area contributed by atoms with E-state index in [0.717, 1.165) is 25.0 Å². The van der Waals surface area contributed by atoms with E-state index < -0.39 is 10.0 Å². The number of hydrogen-bond donors (Lipinski definition) is 1. The summed E-state index contributed by atoms with van der Waals surface area (Å²) in [6.07, 6.45) is 5.10. The number of rotatable bonds is 3. The fourth-order valence-corrected chi connectivity index (χ4v) is 5.01. The molecule has 4 rings (SSSR count). The van der Waals surface area contributed by atoms with Crippen LogP contribution in [0.15, 0.2) is 21.7 Å². The summed E-state index contributed by atoms with van der Waals surface area (Å²) in [7, 11) is -3.54. The third-order valence-electron chi connectivity index (χ3n) is 4.84. The van der Waals surface area contributed by atoms with Crippen molar-refractivity contribution in [3.05, 3.63) is 18.0 Å². The Morgan fingerprint density at radius 2 is 2.17 bits per heavy atom. The summed E-state index contributed by atoms with van der Waals surface area (Å²) in [4.78, 5) is 4.35. The van der Waals surface area contributed by atoms with E-state index in [9.17, 15) is 8.42 Å². The van der Waals surface area contributed by atoms with Crippen molar-refractivity contribution in [1.29, 1.82) is 0 Å². The van der Waals surface area contributed by atoms with Crippen molar-refractivity contribution in [2.45, 2.75) is 49.6 Å². The van der Waals surface area contributed by atoms with Crippen LogP contribution in [0.1, 0.15) is 31.9 Å². The van der Waals surface area contributed by atoms with Crippen LogP contribution in [0.5, 0.6) is 0 Å². The number of sulfonamides is 1. The molecule has 23 heavy (non-hydrogen) atoms. The first kappa shape index (κ1) is 15.0. The van der Waals surface area contributed by atoms with Gasteiger partial charge in [-0.05, 0) is 31.7 Å². The summed E-state index contributed by atoms with van der Waals surface area (Å²) in [6.45, 7) is 3.04. The Kier molecular flexibility index (Phi) is 3.62. The van der Waals surface area contributed by atoms with Crippen LogP contribution in [0.2, 0.25) is 0 Å². The molecule has 2 aliphatic heterocycles. The lowest BCUT2D eigenvalue weighted by Crippen LogP contribution is -2.39. The lowest BCUT2D eigenvalue weighted by molar-refractivity contribution is 0.383. The SMILES string of the molecule is CCc1noc2ncc(S(=O)(=O)N3CCC4CCC(C3)N4)cc12. The average Bonchev–Trinajstić information content (AvgIpc) is 3.08. The van der Waals surface area contributed by atoms with Gasteiger partial charge in [-0.25, -0.2) is 13.4 Å². The molecule has 0 spiro atoms. The van der Waals surface area contributed by atoms with Crippen molar-refractivity contribution in [1.82, 2.24) is 19.8 Å². The molecule has 7 nitrogen and oxygen atoms in total. The van der Waals surface area contributed by atoms with Crippen LogP contribution < -0.4 is 5.32 Å².